The topological polar surface area (TPSA) is 65.1 Å². The zero-order chi connectivity index (χ0) is 29.4. The third kappa shape index (κ3) is 5.58. The van der Waals surface area contributed by atoms with E-state index in [0.717, 1.165) is 53.4 Å². The Kier molecular flexibility index (Phi) is 7.62. The fourth-order valence-corrected chi connectivity index (χ4v) is 6.70. The molecule has 1 amide bonds. The van der Waals surface area contributed by atoms with E-state index in [2.05, 4.69) is 35.0 Å². The van der Waals surface area contributed by atoms with Gasteiger partial charge in [-0.2, -0.15) is 0 Å². The fourth-order valence-electron chi connectivity index (χ4n) is 6.52. The zero-order valence-corrected chi connectivity index (χ0v) is 25.2. The Balaban J connectivity index is 1.36. The summed E-state index contributed by atoms with van der Waals surface area (Å²) in [7, 11) is 1.65. The first-order valence-corrected chi connectivity index (χ1v) is 14.9. The summed E-state index contributed by atoms with van der Waals surface area (Å²) in [6.07, 6.45) is 1.20. The van der Waals surface area contributed by atoms with Gasteiger partial charge >= 0.3 is 0 Å². The van der Waals surface area contributed by atoms with Crippen LogP contribution in [0.15, 0.2) is 84.1 Å². The monoisotopic (exact) mass is 584 g/mol. The standard InChI is InChI=1S/C34H37ClN4O3/c1-34(2)20-28-32(30(40)21-34)33(23-8-6-11-26(18-23)42-3)39(29-13-5-4-12-27(29)36-28)22-31(41)38-16-14-37(15-17-38)25-10-7-9-24(35)19-25/h4-13,18-19,33,36H,14-17,20-22H2,1-3H3. The highest BCUT2D eigenvalue weighted by Gasteiger charge is 2.42. The summed E-state index contributed by atoms with van der Waals surface area (Å²) in [5.41, 5.74) is 5.30. The average molecular weight is 585 g/mol. The maximum Gasteiger partial charge on any atom is 0.242 e. The minimum Gasteiger partial charge on any atom is -0.497 e. The van der Waals surface area contributed by atoms with Crippen molar-refractivity contribution in [2.45, 2.75) is 32.7 Å². The number of hydrogen-bond donors (Lipinski definition) is 1. The Morgan fingerprint density at radius 3 is 2.50 bits per heavy atom. The number of benzene rings is 3. The van der Waals surface area contributed by atoms with Crippen molar-refractivity contribution in [1.29, 1.82) is 0 Å². The lowest BCUT2D eigenvalue weighted by Crippen LogP contribution is -2.52. The van der Waals surface area contributed by atoms with Crippen LogP contribution in [0.3, 0.4) is 0 Å². The molecule has 2 aliphatic heterocycles. The lowest BCUT2D eigenvalue weighted by atomic mass is 9.73. The summed E-state index contributed by atoms with van der Waals surface area (Å²) in [5.74, 6) is 0.866. The molecule has 0 aromatic heterocycles. The van der Waals surface area contributed by atoms with E-state index < -0.39 is 6.04 Å². The minimum atomic E-state index is -0.438. The number of carbonyl (C=O) groups is 2. The van der Waals surface area contributed by atoms with E-state index in [9.17, 15) is 9.59 Å². The lowest BCUT2D eigenvalue weighted by Gasteiger charge is -2.40. The summed E-state index contributed by atoms with van der Waals surface area (Å²) in [5, 5.41) is 4.34. The summed E-state index contributed by atoms with van der Waals surface area (Å²) >= 11 is 6.23. The van der Waals surface area contributed by atoms with Crippen molar-refractivity contribution in [2.24, 2.45) is 5.41 Å². The highest BCUT2D eigenvalue weighted by atomic mass is 35.5. The molecule has 3 aromatic carbocycles. The number of ketones is 1. The largest absolute Gasteiger partial charge is 0.497 e. The van der Waals surface area contributed by atoms with Crippen LogP contribution in [0.25, 0.3) is 0 Å². The van der Waals surface area contributed by atoms with Crippen LogP contribution in [0.5, 0.6) is 5.75 Å². The first-order valence-electron chi connectivity index (χ1n) is 14.5. The number of carbonyl (C=O) groups excluding carboxylic acids is 2. The Bertz CT molecular complexity index is 1540. The van der Waals surface area contributed by atoms with Crippen LogP contribution in [0.1, 0.15) is 38.3 Å². The van der Waals surface area contributed by atoms with Gasteiger partial charge in [0, 0.05) is 54.6 Å². The second kappa shape index (κ2) is 11.4. The second-order valence-electron chi connectivity index (χ2n) is 12.1. The number of piperazine rings is 1. The molecule has 1 saturated heterocycles. The molecule has 0 spiro atoms. The van der Waals surface area contributed by atoms with Gasteiger partial charge in [0.15, 0.2) is 5.78 Å². The number of nitrogens with zero attached hydrogens (tertiary/aromatic N) is 3. The Morgan fingerprint density at radius 2 is 1.74 bits per heavy atom. The van der Waals surface area contributed by atoms with Crippen LogP contribution in [0, 0.1) is 5.41 Å². The predicted molar refractivity (Wildman–Crippen MR) is 168 cm³/mol. The molecule has 8 heteroatoms. The number of ether oxygens (including phenoxy) is 1. The molecule has 0 bridgehead atoms. The van der Waals surface area contributed by atoms with E-state index in [0.29, 0.717) is 30.3 Å². The number of hydrogen-bond acceptors (Lipinski definition) is 6. The predicted octanol–water partition coefficient (Wildman–Crippen LogP) is 6.31. The zero-order valence-electron chi connectivity index (χ0n) is 24.4. The van der Waals surface area contributed by atoms with Crippen LogP contribution >= 0.6 is 11.6 Å². The number of Topliss-reactive ketones (excluding diaryl/α,β-unsaturated/α-hetero) is 1. The molecule has 0 radical (unpaired) electrons. The van der Waals surface area contributed by atoms with Gasteiger partial charge in [0.2, 0.25) is 5.91 Å². The van der Waals surface area contributed by atoms with Crippen LogP contribution < -0.4 is 19.9 Å². The normalized spacial score (nSPS) is 20.0. The molecule has 1 atom stereocenters. The SMILES string of the molecule is COc1cccc(C2C3=C(CC(C)(C)CC3=O)Nc3ccccc3N2CC(=O)N2CCN(c3cccc(Cl)c3)CC2)c1. The highest BCUT2D eigenvalue weighted by Crippen LogP contribution is 2.48. The number of anilines is 3. The molecule has 6 rings (SSSR count). The number of amides is 1. The first-order chi connectivity index (χ1) is 20.2. The van der Waals surface area contributed by atoms with Gasteiger partial charge in [-0.25, -0.2) is 0 Å². The van der Waals surface area contributed by atoms with Crippen LogP contribution in [0.4, 0.5) is 17.1 Å². The van der Waals surface area contributed by atoms with E-state index in [-0.39, 0.29) is 23.7 Å². The molecule has 1 N–H and O–H groups in total. The van der Waals surface area contributed by atoms with Crippen LogP contribution in [0.2, 0.25) is 5.02 Å². The van der Waals surface area contributed by atoms with Gasteiger partial charge in [0.25, 0.3) is 0 Å². The number of methoxy groups -OCH3 is 1. The number of nitrogens with one attached hydrogen (secondary N) is 1. The third-order valence-corrected chi connectivity index (χ3v) is 8.76. The van der Waals surface area contributed by atoms with Gasteiger partial charge in [-0.1, -0.05) is 55.8 Å². The van der Waals surface area contributed by atoms with Gasteiger partial charge in [-0.15, -0.1) is 0 Å². The van der Waals surface area contributed by atoms with E-state index in [4.69, 9.17) is 16.3 Å². The van der Waals surface area contributed by atoms with Crippen molar-refractivity contribution in [2.75, 3.05) is 55.0 Å². The van der Waals surface area contributed by atoms with Crippen molar-refractivity contribution < 1.29 is 14.3 Å². The van der Waals surface area contributed by atoms with Crippen molar-refractivity contribution in [3.63, 3.8) is 0 Å². The van der Waals surface area contributed by atoms with Gasteiger partial charge in [-0.05, 0) is 59.9 Å². The number of rotatable bonds is 5. The summed E-state index contributed by atoms with van der Waals surface area (Å²) in [6.45, 7) is 7.11. The number of halogens is 1. The summed E-state index contributed by atoms with van der Waals surface area (Å²) in [4.78, 5) is 34.3. The molecular weight excluding hydrogens is 548 g/mol. The Morgan fingerprint density at radius 1 is 0.976 bits per heavy atom. The maximum atomic E-state index is 14.0. The molecule has 2 heterocycles. The van der Waals surface area contributed by atoms with Gasteiger partial charge in [-0.3, -0.25) is 9.59 Å². The quantitative estimate of drug-likeness (QED) is 0.379. The van der Waals surface area contributed by atoms with Gasteiger partial charge < -0.3 is 24.8 Å². The van der Waals surface area contributed by atoms with Gasteiger partial charge in [0.05, 0.1) is 31.1 Å². The van der Waals surface area contributed by atoms with Crippen LogP contribution in [-0.2, 0) is 9.59 Å². The molecule has 218 valence electrons. The van der Waals surface area contributed by atoms with Crippen molar-refractivity contribution in [3.8, 4) is 5.75 Å². The number of fused-ring (bicyclic) bond motifs is 1. The lowest BCUT2D eigenvalue weighted by molar-refractivity contribution is -0.130. The second-order valence-corrected chi connectivity index (χ2v) is 12.6. The van der Waals surface area contributed by atoms with Crippen LogP contribution in [-0.4, -0.2) is 56.4 Å². The Hall–Kier alpha value is -3.97. The van der Waals surface area contributed by atoms with Crippen molar-refractivity contribution in [3.05, 3.63) is 94.7 Å². The molecule has 42 heavy (non-hydrogen) atoms. The molecule has 0 saturated carbocycles. The van der Waals surface area contributed by atoms with Crippen molar-refractivity contribution in [1.82, 2.24) is 4.90 Å². The molecule has 1 aliphatic carbocycles. The van der Waals surface area contributed by atoms with E-state index in [1.807, 2.05) is 71.6 Å². The summed E-state index contributed by atoms with van der Waals surface area (Å²) < 4.78 is 5.58. The highest BCUT2D eigenvalue weighted by molar-refractivity contribution is 6.30. The van der Waals surface area contributed by atoms with Gasteiger partial charge in [0.1, 0.15) is 5.75 Å². The van der Waals surface area contributed by atoms with E-state index in [1.165, 1.54) is 0 Å². The molecule has 7 nitrogen and oxygen atoms in total. The molecular formula is C34H37ClN4O3. The molecule has 3 aliphatic rings. The maximum absolute atomic E-state index is 14.0. The Labute approximate surface area is 252 Å². The fraction of sp³-hybridized carbons (Fsp3) is 0.353. The molecule has 1 fully saturated rings. The van der Waals surface area contributed by atoms with Crippen molar-refractivity contribution >= 4 is 40.4 Å². The average Bonchev–Trinajstić information content (AvgIpc) is 3.11. The first kappa shape index (κ1) is 28.2. The third-order valence-electron chi connectivity index (χ3n) is 8.52. The summed E-state index contributed by atoms with van der Waals surface area (Å²) in [6, 6.07) is 23.3. The smallest absolute Gasteiger partial charge is 0.242 e. The minimum absolute atomic E-state index is 0.0380. The molecule has 1 unspecified atom stereocenters. The molecule has 3 aromatic rings. The van der Waals surface area contributed by atoms with E-state index in [1.54, 1.807) is 7.11 Å². The van der Waals surface area contributed by atoms with E-state index >= 15 is 0 Å². The number of para-hydroxylation sites is 2. The number of allylic oxidation sites excluding steroid dienone is 1.